The van der Waals surface area contributed by atoms with Crippen LogP contribution in [0.2, 0.25) is 0 Å². The van der Waals surface area contributed by atoms with Gasteiger partial charge in [-0.05, 0) is 48.9 Å². The summed E-state index contributed by atoms with van der Waals surface area (Å²) in [7, 11) is -4.07. The van der Waals surface area contributed by atoms with Gasteiger partial charge in [0.05, 0.1) is 4.90 Å². The molecule has 1 unspecified atom stereocenters. The van der Waals surface area contributed by atoms with Crippen LogP contribution < -0.4 is 0 Å². The summed E-state index contributed by atoms with van der Waals surface area (Å²) in [5.74, 6) is 1.40. The SMILES string of the molecule is Cc1ccccc1C[S+](C)c1ccc(O)cc1.O=S(=O)([O-])c1ccccc1. The van der Waals surface area contributed by atoms with E-state index in [1.807, 2.05) is 12.1 Å². The zero-order valence-electron chi connectivity index (χ0n) is 15.2. The van der Waals surface area contributed by atoms with E-state index in [4.69, 9.17) is 0 Å². The van der Waals surface area contributed by atoms with Gasteiger partial charge in [-0.3, -0.25) is 0 Å². The van der Waals surface area contributed by atoms with Crippen LogP contribution in [0.3, 0.4) is 0 Å². The van der Waals surface area contributed by atoms with Crippen molar-refractivity contribution in [1.82, 2.24) is 0 Å². The van der Waals surface area contributed by atoms with Crippen LogP contribution in [0.15, 0.2) is 88.7 Å². The molecule has 0 amide bonds. The number of hydrogen-bond donors (Lipinski definition) is 1. The Labute approximate surface area is 163 Å². The number of benzene rings is 3. The Bertz CT molecular complexity index is 953. The van der Waals surface area contributed by atoms with Gasteiger partial charge in [0, 0.05) is 16.5 Å². The first-order valence-corrected chi connectivity index (χ1v) is 11.5. The second kappa shape index (κ2) is 9.60. The molecule has 0 radical (unpaired) electrons. The zero-order valence-corrected chi connectivity index (χ0v) is 16.8. The minimum Gasteiger partial charge on any atom is -0.744 e. The lowest BCUT2D eigenvalue weighted by Gasteiger charge is -2.06. The molecular weight excluding hydrogens is 380 g/mol. The van der Waals surface area contributed by atoms with Gasteiger partial charge in [0.2, 0.25) is 0 Å². The number of aryl methyl sites for hydroxylation is 1. The highest BCUT2D eigenvalue weighted by Gasteiger charge is 2.16. The molecular formula is C21H22O4S2. The minimum absolute atomic E-state index is 0.185. The van der Waals surface area contributed by atoms with Crippen LogP contribution in [-0.2, 0) is 26.8 Å². The number of aromatic hydroxyl groups is 1. The van der Waals surface area contributed by atoms with Gasteiger partial charge in [-0.1, -0.05) is 42.5 Å². The smallest absolute Gasteiger partial charge is 0.155 e. The molecule has 0 aliphatic rings. The van der Waals surface area contributed by atoms with Gasteiger partial charge in [0.15, 0.2) is 4.90 Å². The topological polar surface area (TPSA) is 77.4 Å². The average Bonchev–Trinajstić information content (AvgIpc) is 2.65. The summed E-state index contributed by atoms with van der Waals surface area (Å²) < 4.78 is 30.8. The van der Waals surface area contributed by atoms with Gasteiger partial charge in [-0.2, -0.15) is 0 Å². The fourth-order valence-electron chi connectivity index (χ4n) is 2.35. The third-order valence-electron chi connectivity index (χ3n) is 3.90. The molecule has 3 rings (SSSR count). The summed E-state index contributed by atoms with van der Waals surface area (Å²) in [5, 5.41) is 9.28. The molecule has 0 aliphatic heterocycles. The van der Waals surface area contributed by atoms with E-state index < -0.39 is 10.1 Å². The summed E-state index contributed by atoms with van der Waals surface area (Å²) in [6.07, 6.45) is 2.25. The predicted octanol–water partition coefficient (Wildman–Crippen LogP) is 4.10. The maximum atomic E-state index is 10.3. The predicted molar refractivity (Wildman–Crippen MR) is 109 cm³/mol. The highest BCUT2D eigenvalue weighted by atomic mass is 32.2. The van der Waals surface area contributed by atoms with Crippen molar-refractivity contribution in [2.45, 2.75) is 22.5 Å². The third kappa shape index (κ3) is 6.75. The molecule has 6 heteroatoms. The van der Waals surface area contributed by atoms with Gasteiger partial charge in [-0.15, -0.1) is 0 Å². The van der Waals surface area contributed by atoms with E-state index >= 15 is 0 Å². The highest BCUT2D eigenvalue weighted by Crippen LogP contribution is 2.20. The summed E-state index contributed by atoms with van der Waals surface area (Å²) in [5.41, 5.74) is 2.76. The molecule has 0 saturated carbocycles. The van der Waals surface area contributed by atoms with Gasteiger partial charge < -0.3 is 9.66 Å². The van der Waals surface area contributed by atoms with Crippen LogP contribution >= 0.6 is 0 Å². The van der Waals surface area contributed by atoms with Crippen LogP contribution in [0.25, 0.3) is 0 Å². The van der Waals surface area contributed by atoms with Gasteiger partial charge in [0.25, 0.3) is 0 Å². The van der Waals surface area contributed by atoms with E-state index in [-0.39, 0.29) is 15.8 Å². The Kier molecular flexibility index (Phi) is 7.47. The number of hydrogen-bond acceptors (Lipinski definition) is 4. The van der Waals surface area contributed by atoms with E-state index in [0.29, 0.717) is 5.75 Å². The fourth-order valence-corrected chi connectivity index (χ4v) is 4.40. The number of phenols is 1. The molecule has 0 aliphatic carbocycles. The summed E-state index contributed by atoms with van der Waals surface area (Å²) in [6.45, 7) is 2.16. The average molecular weight is 403 g/mol. The zero-order chi connectivity index (χ0) is 19.9. The van der Waals surface area contributed by atoms with Crippen molar-refractivity contribution >= 4 is 21.0 Å². The van der Waals surface area contributed by atoms with Gasteiger partial charge in [-0.25, -0.2) is 8.42 Å². The molecule has 1 N–H and O–H groups in total. The number of rotatable bonds is 4. The van der Waals surface area contributed by atoms with Crippen LogP contribution in [0.1, 0.15) is 11.1 Å². The Morgan fingerprint density at radius 1 is 0.889 bits per heavy atom. The lowest BCUT2D eigenvalue weighted by molar-refractivity contribution is 0.463. The highest BCUT2D eigenvalue weighted by molar-refractivity contribution is 7.95. The van der Waals surface area contributed by atoms with E-state index in [9.17, 15) is 18.1 Å². The van der Waals surface area contributed by atoms with Crippen LogP contribution in [0.4, 0.5) is 0 Å². The largest absolute Gasteiger partial charge is 0.744 e. The van der Waals surface area contributed by atoms with Crippen molar-refractivity contribution in [2.75, 3.05) is 6.26 Å². The molecule has 0 aromatic heterocycles. The lowest BCUT2D eigenvalue weighted by atomic mass is 10.1. The van der Waals surface area contributed by atoms with E-state index in [1.54, 1.807) is 18.2 Å². The van der Waals surface area contributed by atoms with Crippen molar-refractivity contribution in [3.63, 3.8) is 0 Å². The minimum atomic E-state index is -4.25. The quantitative estimate of drug-likeness (QED) is 0.526. The number of phenolic OH excluding ortho intramolecular Hbond substituents is 1. The molecule has 0 bridgehead atoms. The van der Waals surface area contributed by atoms with Gasteiger partial charge in [0.1, 0.15) is 27.9 Å². The first-order chi connectivity index (χ1) is 12.8. The van der Waals surface area contributed by atoms with Crippen LogP contribution in [0, 0.1) is 6.92 Å². The van der Waals surface area contributed by atoms with Crippen molar-refractivity contribution in [1.29, 1.82) is 0 Å². The van der Waals surface area contributed by atoms with E-state index in [1.165, 1.54) is 40.3 Å². The van der Waals surface area contributed by atoms with Crippen molar-refractivity contribution < 1.29 is 18.1 Å². The fraction of sp³-hybridized carbons (Fsp3) is 0.143. The standard InChI is InChI=1S/C15H16OS.C6H6O3S/c1-12-5-3-4-6-13(12)11-17(2)15-9-7-14(16)8-10-15;7-10(8,9)6-4-2-1-3-5-6/h3-10H,11H2,1-2H3;1-5H,(H,7,8,9). The molecule has 0 saturated heterocycles. The molecule has 3 aromatic rings. The van der Waals surface area contributed by atoms with Crippen molar-refractivity contribution in [3.8, 4) is 5.75 Å². The summed E-state index contributed by atoms with van der Waals surface area (Å²) in [6, 6.07) is 23.3. The molecule has 4 nitrogen and oxygen atoms in total. The molecule has 0 spiro atoms. The molecule has 1 atom stereocenters. The second-order valence-electron chi connectivity index (χ2n) is 5.97. The Hall–Kier alpha value is -2.28. The maximum absolute atomic E-state index is 10.3. The molecule has 0 heterocycles. The molecule has 142 valence electrons. The van der Waals surface area contributed by atoms with Crippen LogP contribution in [-0.4, -0.2) is 24.3 Å². The summed E-state index contributed by atoms with van der Waals surface area (Å²) in [4.78, 5) is 1.11. The molecule has 0 fully saturated rings. The van der Waals surface area contributed by atoms with Gasteiger partial charge >= 0.3 is 0 Å². The maximum Gasteiger partial charge on any atom is 0.155 e. The lowest BCUT2D eigenvalue weighted by Crippen LogP contribution is -2.04. The normalized spacial score (nSPS) is 12.0. The summed E-state index contributed by atoms with van der Waals surface area (Å²) >= 11 is 0. The Morgan fingerprint density at radius 2 is 1.44 bits per heavy atom. The van der Waals surface area contributed by atoms with Crippen molar-refractivity contribution in [2.24, 2.45) is 0 Å². The Morgan fingerprint density at radius 3 is 1.96 bits per heavy atom. The molecule has 27 heavy (non-hydrogen) atoms. The monoisotopic (exact) mass is 402 g/mol. The van der Waals surface area contributed by atoms with Crippen molar-refractivity contribution in [3.05, 3.63) is 90.0 Å². The van der Waals surface area contributed by atoms with Crippen LogP contribution in [0.5, 0.6) is 5.75 Å². The van der Waals surface area contributed by atoms with E-state index in [0.717, 1.165) is 5.75 Å². The first-order valence-electron chi connectivity index (χ1n) is 8.24. The third-order valence-corrected chi connectivity index (χ3v) is 6.57. The first kappa shape index (κ1) is 21.0. The van der Waals surface area contributed by atoms with E-state index in [2.05, 4.69) is 37.4 Å². The second-order valence-corrected chi connectivity index (χ2v) is 9.38. The Balaban J connectivity index is 0.000000223. The molecule has 3 aromatic carbocycles.